The first-order chi connectivity index (χ1) is 12.8. The summed E-state index contributed by atoms with van der Waals surface area (Å²) in [6, 6.07) is 31.9. The van der Waals surface area contributed by atoms with Gasteiger partial charge in [-0.25, -0.2) is 0 Å². The average molecular weight is 356 g/mol. The summed E-state index contributed by atoms with van der Waals surface area (Å²) in [5.41, 5.74) is 3.95. The van der Waals surface area contributed by atoms with Gasteiger partial charge < -0.3 is 0 Å². The third-order valence-corrected chi connectivity index (χ3v) is 6.40. The molecule has 3 rings (SSSR count). The van der Waals surface area contributed by atoms with Gasteiger partial charge in [-0.05, 0) is 28.8 Å². The topological polar surface area (TPSA) is 0 Å². The van der Waals surface area contributed by atoms with Crippen LogP contribution in [0.25, 0.3) is 12.2 Å². The predicted molar refractivity (Wildman–Crippen MR) is 118 cm³/mol. The first-order valence-corrected chi connectivity index (χ1v) is 10.7. The van der Waals surface area contributed by atoms with Gasteiger partial charge in [-0.15, -0.1) is 0 Å². The molecular formula is C25H25P. The van der Waals surface area contributed by atoms with Crippen molar-refractivity contribution in [3.05, 3.63) is 119 Å². The SMILES string of the molecule is CC(CP(C=Cc1ccccc1)C=Cc1ccccc1)c1ccccc1. The fourth-order valence-electron chi connectivity index (χ4n) is 2.87. The van der Waals surface area contributed by atoms with Gasteiger partial charge in [-0.2, -0.15) is 0 Å². The molecule has 1 unspecified atom stereocenters. The van der Waals surface area contributed by atoms with Crippen molar-refractivity contribution in [2.75, 3.05) is 6.16 Å². The molecule has 0 heterocycles. The quantitative estimate of drug-likeness (QED) is 0.382. The molecule has 26 heavy (non-hydrogen) atoms. The van der Waals surface area contributed by atoms with Crippen LogP contribution < -0.4 is 0 Å². The molecule has 0 radical (unpaired) electrons. The molecule has 0 aromatic heterocycles. The second kappa shape index (κ2) is 9.90. The lowest BCUT2D eigenvalue weighted by atomic mass is 10.0. The summed E-state index contributed by atoms with van der Waals surface area (Å²) in [6.45, 7) is 2.33. The highest BCUT2D eigenvalue weighted by molar-refractivity contribution is 7.64. The maximum absolute atomic E-state index is 2.39. The van der Waals surface area contributed by atoms with Crippen LogP contribution >= 0.6 is 7.92 Å². The lowest BCUT2D eigenvalue weighted by Crippen LogP contribution is -1.97. The Morgan fingerprint density at radius 3 is 1.54 bits per heavy atom. The minimum absolute atomic E-state index is 0.332. The number of hydrogen-bond donors (Lipinski definition) is 0. The molecule has 1 atom stereocenters. The molecule has 0 fully saturated rings. The Morgan fingerprint density at radius 1 is 0.654 bits per heavy atom. The smallest absolute Gasteiger partial charge is 0.0145 e. The van der Waals surface area contributed by atoms with Crippen molar-refractivity contribution < 1.29 is 0 Å². The molecule has 130 valence electrons. The summed E-state index contributed by atoms with van der Waals surface area (Å²) in [5.74, 6) is 5.33. The highest BCUT2D eigenvalue weighted by Crippen LogP contribution is 2.44. The first-order valence-electron chi connectivity index (χ1n) is 9.08. The molecule has 0 aliphatic rings. The standard InChI is InChI=1S/C25H25P/c1-22(25-15-9-4-10-16-25)21-26(19-17-23-11-5-2-6-12-23)20-18-24-13-7-3-8-14-24/h2-20,22H,21H2,1H3. The molecule has 0 saturated carbocycles. The minimum atomic E-state index is -0.332. The lowest BCUT2D eigenvalue weighted by Gasteiger charge is -2.16. The monoisotopic (exact) mass is 356 g/mol. The van der Waals surface area contributed by atoms with Crippen molar-refractivity contribution in [1.29, 1.82) is 0 Å². The van der Waals surface area contributed by atoms with Crippen molar-refractivity contribution in [2.45, 2.75) is 12.8 Å². The molecule has 0 N–H and O–H groups in total. The molecule has 0 amide bonds. The summed E-state index contributed by atoms with van der Waals surface area (Å²) in [6.07, 6.45) is 5.68. The molecular weight excluding hydrogens is 331 g/mol. The molecule has 0 bridgehead atoms. The summed E-state index contributed by atoms with van der Waals surface area (Å²) in [5, 5.41) is 0. The fourth-order valence-corrected chi connectivity index (χ4v) is 4.78. The van der Waals surface area contributed by atoms with E-state index >= 15 is 0 Å². The zero-order valence-corrected chi connectivity index (χ0v) is 16.1. The summed E-state index contributed by atoms with van der Waals surface area (Å²) in [4.78, 5) is 0. The van der Waals surface area contributed by atoms with Gasteiger partial charge in [-0.3, -0.25) is 0 Å². The van der Waals surface area contributed by atoms with Crippen molar-refractivity contribution in [1.82, 2.24) is 0 Å². The van der Waals surface area contributed by atoms with Crippen LogP contribution in [-0.2, 0) is 0 Å². The van der Waals surface area contributed by atoms with Crippen LogP contribution in [0.15, 0.2) is 103 Å². The molecule has 3 aromatic carbocycles. The molecule has 3 aromatic rings. The van der Waals surface area contributed by atoms with E-state index in [4.69, 9.17) is 0 Å². The number of hydrogen-bond acceptors (Lipinski definition) is 0. The van der Waals surface area contributed by atoms with Gasteiger partial charge in [0.1, 0.15) is 0 Å². The van der Waals surface area contributed by atoms with Gasteiger partial charge in [-0.1, -0.05) is 130 Å². The maximum Gasteiger partial charge on any atom is -0.0145 e. The van der Waals surface area contributed by atoms with Gasteiger partial charge in [0.05, 0.1) is 0 Å². The van der Waals surface area contributed by atoms with Crippen molar-refractivity contribution in [3.63, 3.8) is 0 Å². The van der Waals surface area contributed by atoms with Crippen LogP contribution in [0.5, 0.6) is 0 Å². The third kappa shape index (κ3) is 5.83. The van der Waals surface area contributed by atoms with E-state index in [1.165, 1.54) is 16.7 Å². The van der Waals surface area contributed by atoms with Crippen LogP contribution in [0.4, 0.5) is 0 Å². The Balaban J connectivity index is 1.76. The molecule has 0 spiro atoms. The van der Waals surface area contributed by atoms with E-state index < -0.39 is 0 Å². The van der Waals surface area contributed by atoms with Crippen LogP contribution in [0.3, 0.4) is 0 Å². The Hall–Kier alpha value is -2.43. The second-order valence-corrected chi connectivity index (χ2v) is 8.45. The van der Waals surface area contributed by atoms with E-state index in [-0.39, 0.29) is 7.92 Å². The Morgan fingerprint density at radius 2 is 1.08 bits per heavy atom. The highest BCUT2D eigenvalue weighted by Gasteiger charge is 2.10. The van der Waals surface area contributed by atoms with Crippen LogP contribution in [0.2, 0.25) is 0 Å². The second-order valence-electron chi connectivity index (χ2n) is 6.46. The highest BCUT2D eigenvalue weighted by atomic mass is 31.1. The van der Waals surface area contributed by atoms with E-state index in [0.29, 0.717) is 5.92 Å². The summed E-state index contributed by atoms with van der Waals surface area (Å²) in [7, 11) is -0.332. The molecule has 0 aliphatic heterocycles. The Bertz CT molecular complexity index is 770. The van der Waals surface area contributed by atoms with Crippen LogP contribution in [0.1, 0.15) is 29.5 Å². The van der Waals surface area contributed by atoms with E-state index in [1.807, 2.05) is 0 Å². The van der Waals surface area contributed by atoms with E-state index in [9.17, 15) is 0 Å². The normalized spacial score (nSPS) is 13.9. The zero-order valence-electron chi connectivity index (χ0n) is 15.2. The van der Waals surface area contributed by atoms with E-state index in [2.05, 4.69) is 122 Å². The van der Waals surface area contributed by atoms with Crippen LogP contribution in [-0.4, -0.2) is 6.16 Å². The summed E-state index contributed by atoms with van der Waals surface area (Å²) < 4.78 is 0. The molecule has 0 nitrogen and oxygen atoms in total. The van der Waals surface area contributed by atoms with Crippen molar-refractivity contribution in [3.8, 4) is 0 Å². The van der Waals surface area contributed by atoms with E-state index in [1.54, 1.807) is 0 Å². The maximum atomic E-state index is 2.39. The van der Waals surface area contributed by atoms with Gasteiger partial charge >= 0.3 is 0 Å². The molecule has 0 saturated heterocycles. The minimum Gasteiger partial charge on any atom is -0.0622 e. The van der Waals surface area contributed by atoms with Gasteiger partial charge in [0.15, 0.2) is 0 Å². The Labute approximate surface area is 158 Å². The number of benzene rings is 3. The third-order valence-electron chi connectivity index (χ3n) is 4.37. The average Bonchev–Trinajstić information content (AvgIpc) is 2.72. The van der Waals surface area contributed by atoms with Gasteiger partial charge in [0, 0.05) is 0 Å². The lowest BCUT2D eigenvalue weighted by molar-refractivity contribution is 0.877. The van der Waals surface area contributed by atoms with E-state index in [0.717, 1.165) is 6.16 Å². The first kappa shape index (κ1) is 18.4. The van der Waals surface area contributed by atoms with Gasteiger partial charge in [0.25, 0.3) is 0 Å². The largest absolute Gasteiger partial charge is 0.0622 e. The number of rotatable bonds is 7. The van der Waals surface area contributed by atoms with Crippen molar-refractivity contribution in [2.24, 2.45) is 0 Å². The van der Waals surface area contributed by atoms with Crippen molar-refractivity contribution >= 4 is 20.1 Å². The fraction of sp³-hybridized carbons (Fsp3) is 0.120. The molecule has 1 heteroatoms. The summed E-state index contributed by atoms with van der Waals surface area (Å²) >= 11 is 0. The predicted octanol–water partition coefficient (Wildman–Crippen LogP) is 7.61. The van der Waals surface area contributed by atoms with Crippen LogP contribution in [0, 0.1) is 0 Å². The Kier molecular flexibility index (Phi) is 6.99. The van der Waals surface area contributed by atoms with Gasteiger partial charge in [0.2, 0.25) is 0 Å². The molecule has 0 aliphatic carbocycles. The zero-order chi connectivity index (χ0) is 18.0.